The van der Waals surface area contributed by atoms with Gasteiger partial charge in [0.25, 0.3) is 17.2 Å². The zero-order chi connectivity index (χ0) is 26.4. The average molecular weight is 519 g/mol. The lowest BCUT2D eigenvalue weighted by atomic mass is 10.1. The van der Waals surface area contributed by atoms with Crippen LogP contribution in [0.1, 0.15) is 27.2 Å². The quantitative estimate of drug-likeness (QED) is 0.263. The zero-order valence-corrected chi connectivity index (χ0v) is 20.6. The summed E-state index contributed by atoms with van der Waals surface area (Å²) in [6.07, 6.45) is 1.44. The molecule has 37 heavy (non-hydrogen) atoms. The molecule has 0 bridgehead atoms. The summed E-state index contributed by atoms with van der Waals surface area (Å²) in [6, 6.07) is 11.1. The van der Waals surface area contributed by atoms with Crippen molar-refractivity contribution in [2.24, 2.45) is 0 Å². The number of hydrogen-bond donors (Lipinski definition) is 2. The van der Waals surface area contributed by atoms with Crippen molar-refractivity contribution in [1.29, 1.82) is 0 Å². The van der Waals surface area contributed by atoms with Crippen molar-refractivity contribution >= 4 is 40.0 Å². The Morgan fingerprint density at radius 2 is 1.92 bits per heavy atom. The van der Waals surface area contributed by atoms with E-state index >= 15 is 0 Å². The Kier molecular flexibility index (Phi) is 5.80. The molecule has 0 aliphatic carbocycles. The SMILES string of the molecule is Cc1cc(NC(=O)c2ccc(Cl)c([N+](=O)[O-])c2)n(-c2nc3c(cnn3-c3cccc(C)c3C)c(=O)[nH]2)n1. The Morgan fingerprint density at radius 1 is 1.14 bits per heavy atom. The number of nitrogens with zero attached hydrogens (tertiary/aromatic N) is 6. The molecular formula is C24H19ClN8O4. The molecule has 3 heterocycles. The van der Waals surface area contributed by atoms with Crippen LogP contribution in [0.2, 0.25) is 5.02 Å². The number of nitro benzene ring substituents is 1. The number of amides is 1. The van der Waals surface area contributed by atoms with Gasteiger partial charge in [-0.15, -0.1) is 0 Å². The van der Waals surface area contributed by atoms with E-state index < -0.39 is 22.1 Å². The second-order valence-corrected chi connectivity index (χ2v) is 8.77. The lowest BCUT2D eigenvalue weighted by molar-refractivity contribution is -0.384. The van der Waals surface area contributed by atoms with Gasteiger partial charge in [-0.2, -0.15) is 19.9 Å². The number of aryl methyl sites for hydroxylation is 2. The highest BCUT2D eigenvalue weighted by molar-refractivity contribution is 6.32. The minimum absolute atomic E-state index is 0.0198. The number of hydrogen-bond acceptors (Lipinski definition) is 7. The molecule has 12 nitrogen and oxygen atoms in total. The predicted molar refractivity (Wildman–Crippen MR) is 137 cm³/mol. The van der Waals surface area contributed by atoms with Crippen molar-refractivity contribution in [3.63, 3.8) is 0 Å². The standard InChI is InChI=1S/C24H19ClN8O4/c1-12-5-4-6-18(14(12)3)31-21-16(11-26-31)23(35)29-24(28-21)32-20(9-13(2)30-32)27-22(34)15-7-8-17(25)19(10-15)33(36)37/h4-11H,1-3H3,(H,27,34)(H,28,29,35). The van der Waals surface area contributed by atoms with Crippen molar-refractivity contribution in [2.75, 3.05) is 5.32 Å². The van der Waals surface area contributed by atoms with E-state index in [9.17, 15) is 19.7 Å². The fourth-order valence-electron chi connectivity index (χ4n) is 3.88. The molecule has 186 valence electrons. The summed E-state index contributed by atoms with van der Waals surface area (Å²) < 4.78 is 2.86. The molecule has 5 aromatic rings. The van der Waals surface area contributed by atoms with Crippen LogP contribution in [0.25, 0.3) is 22.7 Å². The van der Waals surface area contributed by atoms with Gasteiger partial charge >= 0.3 is 0 Å². The lowest BCUT2D eigenvalue weighted by Gasteiger charge is -2.11. The van der Waals surface area contributed by atoms with Gasteiger partial charge in [0.2, 0.25) is 5.95 Å². The molecule has 2 N–H and O–H groups in total. The van der Waals surface area contributed by atoms with E-state index in [1.54, 1.807) is 17.7 Å². The number of aromatic nitrogens is 6. The normalized spacial score (nSPS) is 11.1. The van der Waals surface area contributed by atoms with E-state index in [0.29, 0.717) is 11.3 Å². The Morgan fingerprint density at radius 3 is 2.68 bits per heavy atom. The summed E-state index contributed by atoms with van der Waals surface area (Å²) in [4.78, 5) is 43.6. The highest BCUT2D eigenvalue weighted by Crippen LogP contribution is 2.26. The smallest absolute Gasteiger partial charge is 0.288 e. The molecule has 0 aliphatic heterocycles. The Bertz CT molecular complexity index is 1790. The molecule has 0 aliphatic rings. The van der Waals surface area contributed by atoms with Crippen LogP contribution in [0, 0.1) is 30.9 Å². The van der Waals surface area contributed by atoms with Crippen molar-refractivity contribution < 1.29 is 9.72 Å². The molecule has 0 atom stereocenters. The number of aromatic amines is 1. The molecular weight excluding hydrogens is 500 g/mol. The highest BCUT2D eigenvalue weighted by Gasteiger charge is 2.20. The van der Waals surface area contributed by atoms with Crippen LogP contribution in [-0.4, -0.2) is 40.4 Å². The van der Waals surface area contributed by atoms with Crippen LogP contribution < -0.4 is 10.9 Å². The zero-order valence-electron chi connectivity index (χ0n) is 19.8. The maximum absolute atomic E-state index is 12.9. The summed E-state index contributed by atoms with van der Waals surface area (Å²) >= 11 is 5.86. The van der Waals surface area contributed by atoms with E-state index in [-0.39, 0.29) is 27.7 Å². The largest absolute Gasteiger partial charge is 0.306 e. The summed E-state index contributed by atoms with van der Waals surface area (Å²) in [7, 11) is 0. The third-order valence-corrected chi connectivity index (χ3v) is 6.23. The van der Waals surface area contributed by atoms with Crippen LogP contribution >= 0.6 is 11.6 Å². The highest BCUT2D eigenvalue weighted by atomic mass is 35.5. The lowest BCUT2D eigenvalue weighted by Crippen LogP contribution is -2.19. The van der Waals surface area contributed by atoms with Crippen LogP contribution in [0.5, 0.6) is 0 Å². The summed E-state index contributed by atoms with van der Waals surface area (Å²) in [5.41, 5.74) is 2.84. The van der Waals surface area contributed by atoms with Gasteiger partial charge < -0.3 is 5.32 Å². The number of carbonyl (C=O) groups excluding carboxylic acids is 1. The molecule has 1 amide bonds. The Hall–Kier alpha value is -4.84. The number of nitro groups is 1. The maximum Gasteiger partial charge on any atom is 0.288 e. The van der Waals surface area contributed by atoms with Gasteiger partial charge in [-0.1, -0.05) is 23.7 Å². The van der Waals surface area contributed by atoms with Gasteiger partial charge in [-0.05, 0) is 50.1 Å². The van der Waals surface area contributed by atoms with E-state index in [1.807, 2.05) is 32.0 Å². The van der Waals surface area contributed by atoms with E-state index in [2.05, 4.69) is 25.5 Å². The fraction of sp³-hybridized carbons (Fsp3) is 0.125. The van der Waals surface area contributed by atoms with Crippen LogP contribution in [0.3, 0.4) is 0 Å². The maximum atomic E-state index is 12.9. The molecule has 0 fully saturated rings. The first-order valence-corrected chi connectivity index (χ1v) is 11.4. The Labute approximate surface area is 213 Å². The van der Waals surface area contributed by atoms with Gasteiger partial charge in [0.15, 0.2) is 5.65 Å². The monoisotopic (exact) mass is 518 g/mol. The first-order chi connectivity index (χ1) is 17.6. The molecule has 0 saturated heterocycles. The van der Waals surface area contributed by atoms with Gasteiger partial charge in [0, 0.05) is 17.7 Å². The minimum atomic E-state index is -0.670. The number of fused-ring (bicyclic) bond motifs is 1. The van der Waals surface area contributed by atoms with Crippen LogP contribution in [-0.2, 0) is 0 Å². The van der Waals surface area contributed by atoms with Gasteiger partial charge in [-0.25, -0.2) is 4.68 Å². The fourth-order valence-corrected chi connectivity index (χ4v) is 4.07. The number of rotatable bonds is 5. The van der Waals surface area contributed by atoms with Crippen molar-refractivity contribution in [3.05, 3.63) is 96.5 Å². The van der Waals surface area contributed by atoms with E-state index in [4.69, 9.17) is 11.6 Å². The molecule has 0 saturated carbocycles. The number of halogens is 1. The van der Waals surface area contributed by atoms with Gasteiger partial charge in [-0.3, -0.25) is 24.7 Å². The molecule has 2 aromatic carbocycles. The third-order valence-electron chi connectivity index (χ3n) is 5.91. The first kappa shape index (κ1) is 23.9. The number of H-pyrrole nitrogens is 1. The van der Waals surface area contributed by atoms with E-state index in [0.717, 1.165) is 22.9 Å². The molecule has 0 spiro atoms. The average Bonchev–Trinajstić information content (AvgIpc) is 3.44. The van der Waals surface area contributed by atoms with E-state index in [1.165, 1.54) is 23.0 Å². The number of benzene rings is 2. The molecule has 0 radical (unpaired) electrons. The minimum Gasteiger partial charge on any atom is -0.306 e. The molecule has 3 aromatic heterocycles. The summed E-state index contributed by atoms with van der Waals surface area (Å²) in [5, 5.41) is 22.8. The second-order valence-electron chi connectivity index (χ2n) is 8.36. The van der Waals surface area contributed by atoms with Crippen LogP contribution in [0.4, 0.5) is 11.5 Å². The van der Waals surface area contributed by atoms with Gasteiger partial charge in [0.05, 0.1) is 22.5 Å². The van der Waals surface area contributed by atoms with Crippen LogP contribution in [0.15, 0.2) is 53.5 Å². The molecule has 5 rings (SSSR count). The number of carbonyl (C=O) groups is 1. The molecule has 0 unspecified atom stereocenters. The third kappa shape index (κ3) is 4.23. The molecule has 13 heteroatoms. The summed E-state index contributed by atoms with van der Waals surface area (Å²) in [5.74, 6) is -0.389. The predicted octanol–water partition coefficient (Wildman–Crippen LogP) is 4.03. The van der Waals surface area contributed by atoms with Crippen molar-refractivity contribution in [2.45, 2.75) is 20.8 Å². The van der Waals surface area contributed by atoms with Crippen molar-refractivity contribution in [3.8, 4) is 11.6 Å². The topological polar surface area (TPSA) is 154 Å². The first-order valence-electron chi connectivity index (χ1n) is 11.0. The summed E-state index contributed by atoms with van der Waals surface area (Å²) in [6.45, 7) is 5.64. The Balaban J connectivity index is 1.58. The number of nitrogens with one attached hydrogen (secondary N) is 2. The second kappa shape index (κ2) is 8.99. The van der Waals surface area contributed by atoms with Gasteiger partial charge in [0.1, 0.15) is 16.2 Å². The number of anilines is 1. The van der Waals surface area contributed by atoms with Crippen molar-refractivity contribution in [1.82, 2.24) is 29.5 Å².